The summed E-state index contributed by atoms with van der Waals surface area (Å²) in [6.45, 7) is 0. The Morgan fingerprint density at radius 1 is 0.395 bits per heavy atom. The molecule has 0 aliphatic carbocycles. The quantitative estimate of drug-likeness (QED) is 0.129. The second-order valence-corrected chi connectivity index (χ2v) is 10.9. The van der Waals surface area contributed by atoms with Gasteiger partial charge in [-0.3, -0.25) is 5.43 Å². The molecular formula is C41H28N2. The van der Waals surface area contributed by atoms with E-state index >= 15 is 0 Å². The van der Waals surface area contributed by atoms with Crippen LogP contribution >= 0.6 is 0 Å². The Labute approximate surface area is 250 Å². The van der Waals surface area contributed by atoms with Gasteiger partial charge in [0.2, 0.25) is 0 Å². The number of nitrogens with zero attached hydrogens (tertiary/aromatic N) is 1. The molecule has 2 heteroatoms. The Morgan fingerprint density at radius 3 is 1.63 bits per heavy atom. The second-order valence-electron chi connectivity index (χ2n) is 10.9. The molecule has 0 aromatic heterocycles. The van der Waals surface area contributed by atoms with Crippen molar-refractivity contribution in [2.75, 3.05) is 5.43 Å². The topological polar surface area (TPSA) is 24.4 Å². The molecule has 0 atom stereocenters. The SMILES string of the molecule is c1ccc(C(=NNc2cc3c4ccccc4c(-c4ccc5ccccc5c4)cc3c3ccccc23)c2ccccc2)cc1. The predicted octanol–water partition coefficient (Wildman–Crippen LogP) is 10.8. The Bertz CT molecular complexity index is 2260. The van der Waals surface area contributed by atoms with Crippen molar-refractivity contribution >= 4 is 54.5 Å². The molecule has 43 heavy (non-hydrogen) atoms. The largest absolute Gasteiger partial charge is 0.277 e. The van der Waals surface area contributed by atoms with Gasteiger partial charge in [0.25, 0.3) is 0 Å². The van der Waals surface area contributed by atoms with Gasteiger partial charge in [-0.15, -0.1) is 0 Å². The highest BCUT2D eigenvalue weighted by molar-refractivity contribution is 6.24. The molecule has 0 aliphatic heterocycles. The van der Waals surface area contributed by atoms with E-state index in [0.717, 1.165) is 27.9 Å². The van der Waals surface area contributed by atoms with Crippen LogP contribution in [-0.2, 0) is 0 Å². The summed E-state index contributed by atoms with van der Waals surface area (Å²) < 4.78 is 0. The van der Waals surface area contributed by atoms with Crippen LogP contribution in [0.5, 0.6) is 0 Å². The summed E-state index contributed by atoms with van der Waals surface area (Å²) in [6.07, 6.45) is 0. The van der Waals surface area contributed by atoms with Crippen LogP contribution in [0.25, 0.3) is 54.2 Å². The Hall–Kier alpha value is -5.73. The van der Waals surface area contributed by atoms with Gasteiger partial charge in [-0.2, -0.15) is 5.10 Å². The zero-order chi connectivity index (χ0) is 28.6. The van der Waals surface area contributed by atoms with E-state index in [-0.39, 0.29) is 0 Å². The third kappa shape index (κ3) is 4.50. The number of hydrazone groups is 1. The monoisotopic (exact) mass is 548 g/mol. The maximum atomic E-state index is 5.03. The molecule has 0 radical (unpaired) electrons. The van der Waals surface area contributed by atoms with E-state index in [4.69, 9.17) is 5.10 Å². The number of hydrogen-bond acceptors (Lipinski definition) is 2. The lowest BCUT2D eigenvalue weighted by Crippen LogP contribution is -2.06. The first-order valence-electron chi connectivity index (χ1n) is 14.6. The predicted molar refractivity (Wildman–Crippen MR) is 184 cm³/mol. The highest BCUT2D eigenvalue weighted by atomic mass is 15.3. The van der Waals surface area contributed by atoms with Crippen molar-refractivity contribution in [2.24, 2.45) is 5.10 Å². The number of rotatable bonds is 5. The van der Waals surface area contributed by atoms with Crippen molar-refractivity contribution in [1.82, 2.24) is 0 Å². The fraction of sp³-hybridized carbons (Fsp3) is 0. The van der Waals surface area contributed by atoms with E-state index in [9.17, 15) is 0 Å². The summed E-state index contributed by atoms with van der Waals surface area (Å²) in [5.41, 5.74) is 9.98. The fourth-order valence-corrected chi connectivity index (χ4v) is 6.24. The Morgan fingerprint density at radius 2 is 0.930 bits per heavy atom. The molecule has 0 aliphatic rings. The Balaban J connectivity index is 1.35. The van der Waals surface area contributed by atoms with Crippen molar-refractivity contribution in [3.05, 3.63) is 175 Å². The molecule has 0 bridgehead atoms. The third-order valence-corrected chi connectivity index (χ3v) is 8.33. The van der Waals surface area contributed by atoms with Crippen LogP contribution in [-0.4, -0.2) is 5.71 Å². The summed E-state index contributed by atoms with van der Waals surface area (Å²) in [4.78, 5) is 0. The van der Waals surface area contributed by atoms with Crippen LogP contribution in [0.4, 0.5) is 5.69 Å². The first-order valence-corrected chi connectivity index (χ1v) is 14.6. The number of benzene rings is 8. The van der Waals surface area contributed by atoms with Gasteiger partial charge in [0.15, 0.2) is 0 Å². The van der Waals surface area contributed by atoms with Crippen LogP contribution in [0.2, 0.25) is 0 Å². The van der Waals surface area contributed by atoms with Gasteiger partial charge >= 0.3 is 0 Å². The minimum atomic E-state index is 0.905. The molecule has 0 saturated carbocycles. The fourth-order valence-electron chi connectivity index (χ4n) is 6.24. The highest BCUT2D eigenvalue weighted by Crippen LogP contribution is 2.41. The maximum Gasteiger partial charge on any atom is 0.0977 e. The van der Waals surface area contributed by atoms with Crippen molar-refractivity contribution in [2.45, 2.75) is 0 Å². The van der Waals surface area contributed by atoms with Gasteiger partial charge in [0, 0.05) is 16.5 Å². The standard InChI is InChI=1S/C41H28N2/c1-3-14-29(15-4-1)41(30-16-5-2-6-17-30)43-42-40-27-39-34-20-10-9-19-33(34)37(26-38(39)35-21-11-12-22-36(35)40)32-24-23-28-13-7-8-18-31(28)25-32/h1-27,42H. The lowest BCUT2D eigenvalue weighted by Gasteiger charge is -2.16. The van der Waals surface area contributed by atoms with E-state index in [1.54, 1.807) is 0 Å². The molecule has 8 aromatic carbocycles. The molecule has 0 saturated heterocycles. The molecule has 0 heterocycles. The molecular weight excluding hydrogens is 520 g/mol. The van der Waals surface area contributed by atoms with Gasteiger partial charge in [-0.1, -0.05) is 146 Å². The number of nitrogens with one attached hydrogen (secondary N) is 1. The van der Waals surface area contributed by atoms with Gasteiger partial charge in [-0.25, -0.2) is 0 Å². The summed E-state index contributed by atoms with van der Waals surface area (Å²) >= 11 is 0. The zero-order valence-electron chi connectivity index (χ0n) is 23.5. The molecule has 0 amide bonds. The van der Waals surface area contributed by atoms with Crippen LogP contribution in [0.15, 0.2) is 169 Å². The van der Waals surface area contributed by atoms with Crippen molar-refractivity contribution in [3.63, 3.8) is 0 Å². The smallest absolute Gasteiger partial charge is 0.0977 e. The van der Waals surface area contributed by atoms with Crippen LogP contribution in [0.1, 0.15) is 11.1 Å². The van der Waals surface area contributed by atoms with Crippen molar-refractivity contribution < 1.29 is 0 Å². The summed E-state index contributed by atoms with van der Waals surface area (Å²) in [6, 6.07) is 58.1. The van der Waals surface area contributed by atoms with Crippen LogP contribution in [0, 0.1) is 0 Å². The van der Waals surface area contributed by atoms with Gasteiger partial charge in [0.1, 0.15) is 0 Å². The van der Waals surface area contributed by atoms with Crippen molar-refractivity contribution in [3.8, 4) is 11.1 Å². The van der Waals surface area contributed by atoms with Crippen LogP contribution < -0.4 is 5.43 Å². The van der Waals surface area contributed by atoms with E-state index < -0.39 is 0 Å². The molecule has 1 N–H and O–H groups in total. The summed E-state index contributed by atoms with van der Waals surface area (Å²) in [7, 11) is 0. The molecule has 202 valence electrons. The number of fused-ring (bicyclic) bond motifs is 6. The molecule has 8 rings (SSSR count). The number of hydrogen-bond donors (Lipinski definition) is 1. The van der Waals surface area contributed by atoms with Gasteiger partial charge in [-0.05, 0) is 67.0 Å². The minimum Gasteiger partial charge on any atom is -0.277 e. The summed E-state index contributed by atoms with van der Waals surface area (Å²) in [5, 5.41) is 14.8. The average molecular weight is 549 g/mol. The average Bonchev–Trinajstić information content (AvgIpc) is 3.09. The normalized spacial score (nSPS) is 11.3. The first-order chi connectivity index (χ1) is 21.3. The van der Waals surface area contributed by atoms with E-state index in [1.807, 2.05) is 12.1 Å². The molecule has 0 fully saturated rings. The molecule has 2 nitrogen and oxygen atoms in total. The molecule has 0 unspecified atom stereocenters. The third-order valence-electron chi connectivity index (χ3n) is 8.33. The zero-order valence-corrected chi connectivity index (χ0v) is 23.5. The lowest BCUT2D eigenvalue weighted by atomic mass is 9.90. The summed E-state index contributed by atoms with van der Waals surface area (Å²) in [5.74, 6) is 0. The van der Waals surface area contributed by atoms with Crippen LogP contribution in [0.3, 0.4) is 0 Å². The van der Waals surface area contributed by atoms with Gasteiger partial charge < -0.3 is 0 Å². The van der Waals surface area contributed by atoms with Crippen molar-refractivity contribution in [1.29, 1.82) is 0 Å². The lowest BCUT2D eigenvalue weighted by molar-refractivity contribution is 1.34. The second kappa shape index (κ2) is 10.6. The molecule has 8 aromatic rings. The van der Waals surface area contributed by atoms with E-state index in [2.05, 4.69) is 157 Å². The van der Waals surface area contributed by atoms with Gasteiger partial charge in [0.05, 0.1) is 11.4 Å². The molecule has 0 spiro atoms. The number of anilines is 1. The van der Waals surface area contributed by atoms with E-state index in [0.29, 0.717) is 0 Å². The maximum absolute atomic E-state index is 5.03. The highest BCUT2D eigenvalue weighted by Gasteiger charge is 2.14. The first kappa shape index (κ1) is 25.0. The van der Waals surface area contributed by atoms with E-state index in [1.165, 1.54) is 48.8 Å². The minimum absolute atomic E-state index is 0.905. The Kier molecular flexibility index (Phi) is 6.16.